The van der Waals surface area contributed by atoms with E-state index in [9.17, 15) is 14.7 Å². The number of aliphatic hydroxyl groups excluding tert-OH is 1. The van der Waals surface area contributed by atoms with Crippen LogP contribution < -0.4 is 10.6 Å². The van der Waals surface area contributed by atoms with Gasteiger partial charge in [0.2, 0.25) is 11.8 Å². The fourth-order valence-electron chi connectivity index (χ4n) is 6.02. The van der Waals surface area contributed by atoms with Gasteiger partial charge in [0.1, 0.15) is 0 Å². The van der Waals surface area contributed by atoms with Crippen molar-refractivity contribution in [2.24, 2.45) is 10.8 Å². The molecule has 0 bridgehead atoms. The van der Waals surface area contributed by atoms with Crippen molar-refractivity contribution >= 4 is 11.8 Å². The van der Waals surface area contributed by atoms with Crippen LogP contribution in [0.15, 0.2) is 0 Å². The van der Waals surface area contributed by atoms with E-state index in [1.165, 1.54) is 89.9 Å². The molecule has 0 saturated carbocycles. The number of hydrogen-bond acceptors (Lipinski definition) is 3. The number of amides is 2. The van der Waals surface area contributed by atoms with Crippen LogP contribution in [-0.2, 0) is 9.59 Å². The van der Waals surface area contributed by atoms with Crippen LogP contribution in [0, 0.1) is 10.8 Å². The smallest absolute Gasteiger partial charge is 0.225 e. The average molecular weight is 623 g/mol. The number of aliphatic hydroxyl groups is 1. The number of rotatable bonds is 32. The first-order valence-corrected chi connectivity index (χ1v) is 19.3. The van der Waals surface area contributed by atoms with Gasteiger partial charge >= 0.3 is 0 Å². The molecule has 262 valence electrons. The molecule has 0 aromatic heterocycles. The van der Waals surface area contributed by atoms with Crippen LogP contribution >= 0.6 is 0 Å². The minimum Gasteiger partial charge on any atom is -0.393 e. The van der Waals surface area contributed by atoms with Crippen molar-refractivity contribution in [3.05, 3.63) is 0 Å². The highest BCUT2D eigenvalue weighted by molar-refractivity contribution is 5.82. The van der Waals surface area contributed by atoms with Gasteiger partial charge in [-0.1, -0.05) is 170 Å². The summed E-state index contributed by atoms with van der Waals surface area (Å²) in [7, 11) is 0. The van der Waals surface area contributed by atoms with E-state index >= 15 is 0 Å². The summed E-state index contributed by atoms with van der Waals surface area (Å²) >= 11 is 0. The molecule has 0 rings (SSSR count). The molecule has 0 aromatic rings. The molecule has 5 heteroatoms. The number of carbonyl (C=O) groups is 2. The van der Waals surface area contributed by atoms with Crippen molar-refractivity contribution in [3.63, 3.8) is 0 Å². The molecule has 0 fully saturated rings. The van der Waals surface area contributed by atoms with E-state index in [0.717, 1.165) is 90.1 Å². The number of unbranched alkanes of at least 4 members (excludes halogenated alkanes) is 18. The molecule has 0 unspecified atom stereocenters. The third-order valence-corrected chi connectivity index (χ3v) is 9.54. The first-order chi connectivity index (χ1) is 21.1. The van der Waals surface area contributed by atoms with Crippen molar-refractivity contribution < 1.29 is 14.7 Å². The third-order valence-electron chi connectivity index (χ3n) is 9.54. The molecule has 5 nitrogen and oxygen atoms in total. The molecule has 2 amide bonds. The molecular weight excluding hydrogens is 544 g/mol. The van der Waals surface area contributed by atoms with Gasteiger partial charge in [-0.3, -0.25) is 9.59 Å². The summed E-state index contributed by atoms with van der Waals surface area (Å²) in [5.74, 6) is 0.370. The standard InChI is InChI=1S/C39H78N2O3/c1-7-9-11-13-15-17-19-27-33-40-36(43)38(3,4)31-25-21-23-29-35(42)30-24-22-26-32-39(5,6)37(44)41-34-28-20-18-16-14-12-10-8-2/h35,42H,7-34H2,1-6H3,(H,40,43)(H,41,44). The molecule has 0 aliphatic heterocycles. The molecule has 0 atom stereocenters. The lowest BCUT2D eigenvalue weighted by Crippen LogP contribution is -2.37. The molecule has 0 radical (unpaired) electrons. The Morgan fingerprint density at radius 3 is 1.11 bits per heavy atom. The zero-order chi connectivity index (χ0) is 32.9. The SMILES string of the molecule is CCCCCCCCCCNC(=O)C(C)(C)CCCCCC(O)CCCCCC(C)(C)C(=O)NCCCCCCCCCC. The van der Waals surface area contributed by atoms with E-state index in [1.807, 2.05) is 0 Å². The van der Waals surface area contributed by atoms with Gasteiger partial charge in [0.05, 0.1) is 6.10 Å². The van der Waals surface area contributed by atoms with E-state index in [4.69, 9.17) is 0 Å². The molecule has 0 aliphatic carbocycles. The summed E-state index contributed by atoms with van der Waals surface area (Å²) in [4.78, 5) is 25.3. The topological polar surface area (TPSA) is 78.4 Å². The van der Waals surface area contributed by atoms with E-state index < -0.39 is 0 Å². The first-order valence-electron chi connectivity index (χ1n) is 19.3. The van der Waals surface area contributed by atoms with Gasteiger partial charge in [0, 0.05) is 23.9 Å². The van der Waals surface area contributed by atoms with Gasteiger partial charge in [-0.25, -0.2) is 0 Å². The molecule has 3 N–H and O–H groups in total. The van der Waals surface area contributed by atoms with Gasteiger partial charge < -0.3 is 15.7 Å². The van der Waals surface area contributed by atoms with E-state index in [0.29, 0.717) is 0 Å². The Bertz CT molecular complexity index is 620. The highest BCUT2D eigenvalue weighted by atomic mass is 16.3. The minimum absolute atomic E-state index is 0.185. The maximum absolute atomic E-state index is 12.7. The van der Waals surface area contributed by atoms with Crippen LogP contribution in [-0.4, -0.2) is 36.1 Å². The lowest BCUT2D eigenvalue weighted by atomic mass is 9.85. The lowest BCUT2D eigenvalue weighted by Gasteiger charge is -2.24. The Morgan fingerprint density at radius 1 is 0.477 bits per heavy atom. The minimum atomic E-state index is -0.322. The summed E-state index contributed by atoms with van der Waals surface area (Å²) in [6.45, 7) is 14.4. The Morgan fingerprint density at radius 2 is 0.773 bits per heavy atom. The Labute approximate surface area is 275 Å². The zero-order valence-corrected chi connectivity index (χ0v) is 30.6. The molecule has 0 spiro atoms. The maximum Gasteiger partial charge on any atom is 0.225 e. The second-order valence-electron chi connectivity index (χ2n) is 15.1. The van der Waals surface area contributed by atoms with Crippen molar-refractivity contribution in [1.82, 2.24) is 10.6 Å². The molecule has 44 heavy (non-hydrogen) atoms. The second kappa shape index (κ2) is 28.1. The summed E-state index contributed by atoms with van der Waals surface area (Å²) in [5, 5.41) is 16.8. The highest BCUT2D eigenvalue weighted by Crippen LogP contribution is 2.26. The average Bonchev–Trinajstić information content (AvgIpc) is 2.98. The fourth-order valence-corrected chi connectivity index (χ4v) is 6.02. The molecule has 0 saturated heterocycles. The van der Waals surface area contributed by atoms with Gasteiger partial charge in [-0.05, 0) is 38.5 Å². The van der Waals surface area contributed by atoms with Crippen molar-refractivity contribution in [2.75, 3.05) is 13.1 Å². The molecular formula is C39H78N2O3. The maximum atomic E-state index is 12.7. The van der Waals surface area contributed by atoms with Crippen molar-refractivity contribution in [3.8, 4) is 0 Å². The molecule has 0 aromatic carbocycles. The van der Waals surface area contributed by atoms with Crippen molar-refractivity contribution in [1.29, 1.82) is 0 Å². The van der Waals surface area contributed by atoms with Crippen LogP contribution in [0.5, 0.6) is 0 Å². The van der Waals surface area contributed by atoms with Crippen LogP contribution in [0.2, 0.25) is 0 Å². The number of nitrogens with one attached hydrogen (secondary N) is 2. The Balaban J connectivity index is 3.78. The second-order valence-corrected chi connectivity index (χ2v) is 15.1. The first kappa shape index (κ1) is 42.9. The number of hydrogen-bond donors (Lipinski definition) is 3. The predicted molar refractivity (Wildman–Crippen MR) is 191 cm³/mol. The van der Waals surface area contributed by atoms with Gasteiger partial charge in [-0.15, -0.1) is 0 Å². The molecule has 0 aliphatic rings. The summed E-state index contributed by atoms with van der Waals surface area (Å²) in [5.41, 5.74) is -0.645. The summed E-state index contributed by atoms with van der Waals surface area (Å²) in [6.07, 6.45) is 30.0. The highest BCUT2D eigenvalue weighted by Gasteiger charge is 2.27. The van der Waals surface area contributed by atoms with Gasteiger partial charge in [0.15, 0.2) is 0 Å². The number of carbonyl (C=O) groups excluding carboxylic acids is 2. The van der Waals surface area contributed by atoms with Crippen molar-refractivity contribution in [2.45, 2.75) is 215 Å². The van der Waals surface area contributed by atoms with Gasteiger partial charge in [0.25, 0.3) is 0 Å². The summed E-state index contributed by atoms with van der Waals surface area (Å²) in [6, 6.07) is 0. The van der Waals surface area contributed by atoms with Crippen LogP contribution in [0.25, 0.3) is 0 Å². The largest absolute Gasteiger partial charge is 0.393 e. The lowest BCUT2D eigenvalue weighted by molar-refractivity contribution is -0.130. The third kappa shape index (κ3) is 25.1. The Hall–Kier alpha value is -1.10. The van der Waals surface area contributed by atoms with E-state index in [-0.39, 0.29) is 28.7 Å². The normalized spacial score (nSPS) is 12.2. The summed E-state index contributed by atoms with van der Waals surface area (Å²) < 4.78 is 0. The fraction of sp³-hybridized carbons (Fsp3) is 0.949. The van der Waals surface area contributed by atoms with E-state index in [2.05, 4.69) is 52.2 Å². The quantitative estimate of drug-likeness (QED) is 0.0653. The molecule has 0 heterocycles. The van der Waals surface area contributed by atoms with Gasteiger partial charge in [-0.2, -0.15) is 0 Å². The van der Waals surface area contributed by atoms with Crippen LogP contribution in [0.1, 0.15) is 208 Å². The Kier molecular flexibility index (Phi) is 27.4. The zero-order valence-electron chi connectivity index (χ0n) is 30.6. The van der Waals surface area contributed by atoms with Crippen LogP contribution in [0.3, 0.4) is 0 Å². The van der Waals surface area contributed by atoms with Crippen LogP contribution in [0.4, 0.5) is 0 Å². The van der Waals surface area contributed by atoms with E-state index in [1.54, 1.807) is 0 Å². The predicted octanol–water partition coefficient (Wildman–Crippen LogP) is 10.8. The monoisotopic (exact) mass is 623 g/mol.